The molecule has 9 nitrogen and oxygen atoms in total. The molecule has 126 valence electrons. The molecule has 1 heterocycles. The Kier molecular flexibility index (Phi) is 6.28. The highest BCUT2D eigenvalue weighted by Gasteiger charge is 2.29. The molecule has 0 aliphatic rings. The highest BCUT2D eigenvalue weighted by Crippen LogP contribution is 2.10. The van der Waals surface area contributed by atoms with Gasteiger partial charge in [0.15, 0.2) is 0 Å². The average molecular weight is 345 g/mol. The molecule has 0 aliphatic heterocycles. The number of nitrogens with one attached hydrogen (secondary N) is 3. The van der Waals surface area contributed by atoms with Gasteiger partial charge in [-0.3, -0.25) is 9.59 Å². The van der Waals surface area contributed by atoms with Gasteiger partial charge in [0.05, 0.1) is 16.7 Å². The van der Waals surface area contributed by atoms with Crippen molar-refractivity contribution in [2.45, 2.75) is 25.5 Å². The largest absolute Gasteiger partial charge is 0.465 e. The van der Waals surface area contributed by atoms with Gasteiger partial charge in [-0.15, -0.1) is 0 Å². The molecule has 3 amide bonds. The number of carbonyl (C=O) groups is 3. The van der Waals surface area contributed by atoms with Crippen LogP contribution in [0.4, 0.5) is 10.6 Å². The fourth-order valence-electron chi connectivity index (χ4n) is 1.52. The first kappa shape index (κ1) is 18.7. The van der Waals surface area contributed by atoms with Gasteiger partial charge in [-0.25, -0.2) is 9.78 Å². The van der Waals surface area contributed by atoms with Crippen LogP contribution < -0.4 is 16.0 Å². The van der Waals surface area contributed by atoms with Crippen LogP contribution in [0.3, 0.4) is 0 Å². The van der Waals surface area contributed by atoms with Gasteiger partial charge in [0.25, 0.3) is 0 Å². The lowest BCUT2D eigenvalue weighted by atomic mass is 9.99. The van der Waals surface area contributed by atoms with Gasteiger partial charge in [-0.1, -0.05) is 11.6 Å². The summed E-state index contributed by atoms with van der Waals surface area (Å²) >= 11 is 5.65. The Bertz CT molecular complexity index is 585. The minimum atomic E-state index is -1.43. The number of pyridine rings is 1. The molecule has 23 heavy (non-hydrogen) atoms. The Labute approximate surface area is 137 Å². The zero-order valence-electron chi connectivity index (χ0n) is 12.5. The monoisotopic (exact) mass is 344 g/mol. The van der Waals surface area contributed by atoms with Gasteiger partial charge in [0, 0.05) is 12.7 Å². The van der Waals surface area contributed by atoms with Gasteiger partial charge < -0.3 is 26.2 Å². The van der Waals surface area contributed by atoms with Crippen LogP contribution in [0.5, 0.6) is 0 Å². The number of carbonyl (C=O) groups excluding carboxylic acids is 2. The predicted molar refractivity (Wildman–Crippen MR) is 82.1 cm³/mol. The molecule has 1 aromatic rings. The summed E-state index contributed by atoms with van der Waals surface area (Å²) in [7, 11) is 0. The van der Waals surface area contributed by atoms with Crippen LogP contribution in [0.2, 0.25) is 5.02 Å². The fraction of sp³-hybridized carbons (Fsp3) is 0.385. The second-order valence-corrected chi connectivity index (χ2v) is 5.62. The van der Waals surface area contributed by atoms with E-state index in [4.69, 9.17) is 16.7 Å². The fourth-order valence-corrected chi connectivity index (χ4v) is 1.64. The maximum Gasteiger partial charge on any atom is 0.405 e. The van der Waals surface area contributed by atoms with Crippen molar-refractivity contribution < 1.29 is 24.6 Å². The molecule has 0 bridgehead atoms. The molecule has 1 atom stereocenters. The maximum atomic E-state index is 11.7. The number of hydrogen-bond acceptors (Lipinski definition) is 5. The van der Waals surface area contributed by atoms with E-state index < -0.39 is 29.6 Å². The van der Waals surface area contributed by atoms with Gasteiger partial charge in [0.1, 0.15) is 5.82 Å². The number of carboxylic acid groups (broad SMARTS) is 1. The summed E-state index contributed by atoms with van der Waals surface area (Å²) in [6, 6.07) is 1.91. The normalized spacial score (nSPS) is 12.2. The zero-order valence-corrected chi connectivity index (χ0v) is 13.2. The van der Waals surface area contributed by atoms with Crippen LogP contribution in [0.15, 0.2) is 18.3 Å². The molecule has 0 saturated carbocycles. The van der Waals surface area contributed by atoms with Gasteiger partial charge >= 0.3 is 17.9 Å². The van der Waals surface area contributed by atoms with E-state index in [1.54, 1.807) is 0 Å². The van der Waals surface area contributed by atoms with Crippen molar-refractivity contribution in [3.63, 3.8) is 0 Å². The van der Waals surface area contributed by atoms with Crippen LogP contribution in [0.25, 0.3) is 0 Å². The zero-order chi connectivity index (χ0) is 17.6. The summed E-state index contributed by atoms with van der Waals surface area (Å²) in [6.45, 7) is 2.48. The highest BCUT2D eigenvalue weighted by atomic mass is 35.5. The maximum absolute atomic E-state index is 11.7. The molecule has 0 aromatic carbocycles. The molecule has 0 aliphatic carbocycles. The quantitative estimate of drug-likeness (QED) is 0.483. The number of aliphatic hydroxyl groups is 1. The lowest BCUT2D eigenvalue weighted by molar-refractivity contribution is -0.136. The van der Waals surface area contributed by atoms with Gasteiger partial charge in [-0.2, -0.15) is 0 Å². The number of amides is 3. The first-order chi connectivity index (χ1) is 10.6. The SMILES string of the molecule is CC(C)(O)[C@H](CNC(=O)C(=O)Nc1ccc(Cl)cn1)NC(=O)O. The minimum absolute atomic E-state index is 0.136. The molecular weight excluding hydrogens is 328 g/mol. The van der Waals surface area contributed by atoms with E-state index in [9.17, 15) is 19.5 Å². The molecule has 0 unspecified atom stereocenters. The van der Waals surface area contributed by atoms with E-state index in [0.717, 1.165) is 0 Å². The summed E-state index contributed by atoms with van der Waals surface area (Å²) in [5, 5.41) is 25.5. The van der Waals surface area contributed by atoms with Crippen LogP contribution in [0, 0.1) is 0 Å². The van der Waals surface area contributed by atoms with Crippen molar-refractivity contribution in [2.75, 3.05) is 11.9 Å². The summed E-state index contributed by atoms with van der Waals surface area (Å²) in [5.74, 6) is -1.84. The number of aromatic nitrogens is 1. The summed E-state index contributed by atoms with van der Waals surface area (Å²) in [6.07, 6.45) is -0.0583. The van der Waals surface area contributed by atoms with Crippen molar-refractivity contribution in [3.8, 4) is 0 Å². The van der Waals surface area contributed by atoms with Crippen molar-refractivity contribution in [3.05, 3.63) is 23.4 Å². The smallest absolute Gasteiger partial charge is 0.405 e. The van der Waals surface area contributed by atoms with E-state index in [0.29, 0.717) is 5.02 Å². The third-order valence-corrected chi connectivity index (χ3v) is 3.02. The number of rotatable bonds is 5. The lowest BCUT2D eigenvalue weighted by Gasteiger charge is -2.29. The third-order valence-electron chi connectivity index (χ3n) is 2.79. The number of anilines is 1. The van der Waals surface area contributed by atoms with Crippen molar-refractivity contribution in [2.24, 2.45) is 0 Å². The summed E-state index contributed by atoms with van der Waals surface area (Å²) in [5.41, 5.74) is -1.43. The van der Waals surface area contributed by atoms with Crippen LogP contribution in [0.1, 0.15) is 13.8 Å². The molecule has 0 radical (unpaired) electrons. The predicted octanol–water partition coefficient (Wildman–Crippen LogP) is 0.197. The standard InChI is InChI=1S/C13H17ClN4O5/c1-13(2,23)8(17-12(21)22)6-16-10(19)11(20)18-9-4-3-7(14)5-15-9/h3-5,8,17,23H,6H2,1-2H3,(H,16,19)(H,21,22)(H,15,18,20)/t8-/m0/s1. The second-order valence-electron chi connectivity index (χ2n) is 5.18. The van der Waals surface area contributed by atoms with Crippen LogP contribution in [-0.4, -0.2) is 51.3 Å². The second kappa shape index (κ2) is 7.75. The Morgan fingerprint density at radius 1 is 1.30 bits per heavy atom. The Balaban J connectivity index is 2.58. The first-order valence-corrected chi connectivity index (χ1v) is 6.90. The molecule has 1 rings (SSSR count). The van der Waals surface area contributed by atoms with E-state index in [1.807, 2.05) is 0 Å². The van der Waals surface area contributed by atoms with E-state index in [-0.39, 0.29) is 12.4 Å². The van der Waals surface area contributed by atoms with E-state index in [2.05, 4.69) is 20.9 Å². The third kappa shape index (κ3) is 6.49. The molecule has 10 heteroatoms. The Morgan fingerprint density at radius 2 is 1.96 bits per heavy atom. The van der Waals surface area contributed by atoms with Crippen LogP contribution >= 0.6 is 11.6 Å². The molecule has 0 spiro atoms. The van der Waals surface area contributed by atoms with Crippen molar-refractivity contribution in [1.82, 2.24) is 15.6 Å². The summed E-state index contributed by atoms with van der Waals surface area (Å²) in [4.78, 5) is 37.9. The van der Waals surface area contributed by atoms with Gasteiger partial charge in [0.2, 0.25) is 0 Å². The minimum Gasteiger partial charge on any atom is -0.465 e. The van der Waals surface area contributed by atoms with E-state index in [1.165, 1.54) is 32.2 Å². The molecular formula is C13H17ClN4O5. The molecule has 1 aromatic heterocycles. The van der Waals surface area contributed by atoms with Gasteiger partial charge in [-0.05, 0) is 26.0 Å². The summed E-state index contributed by atoms with van der Waals surface area (Å²) < 4.78 is 0. The lowest BCUT2D eigenvalue weighted by Crippen LogP contribution is -2.55. The Hall–Kier alpha value is -2.39. The van der Waals surface area contributed by atoms with E-state index >= 15 is 0 Å². The number of halogens is 1. The molecule has 0 fully saturated rings. The first-order valence-electron chi connectivity index (χ1n) is 6.52. The number of nitrogens with zero attached hydrogens (tertiary/aromatic N) is 1. The highest BCUT2D eigenvalue weighted by molar-refractivity contribution is 6.39. The van der Waals surface area contributed by atoms with Crippen molar-refractivity contribution >= 4 is 35.3 Å². The topological polar surface area (TPSA) is 141 Å². The Morgan fingerprint density at radius 3 is 2.43 bits per heavy atom. The molecule has 0 saturated heterocycles. The average Bonchev–Trinajstić information content (AvgIpc) is 2.44. The van der Waals surface area contributed by atoms with Crippen LogP contribution in [-0.2, 0) is 9.59 Å². The van der Waals surface area contributed by atoms with Crippen molar-refractivity contribution in [1.29, 1.82) is 0 Å². The number of hydrogen-bond donors (Lipinski definition) is 5. The molecule has 5 N–H and O–H groups in total.